The molecular weight excluding hydrogens is 480 g/mol. The van der Waals surface area contributed by atoms with Crippen LogP contribution in [-0.4, -0.2) is 34.0 Å². The number of rotatable bonds is 7. The molecule has 1 heterocycles. The Balaban J connectivity index is 1.54. The average Bonchev–Trinajstić information content (AvgIpc) is 3.11. The van der Waals surface area contributed by atoms with Crippen molar-refractivity contribution in [2.45, 2.75) is 31.9 Å². The molecule has 0 fully saturated rings. The van der Waals surface area contributed by atoms with Gasteiger partial charge in [0, 0.05) is 30.0 Å². The molecule has 0 saturated carbocycles. The third kappa shape index (κ3) is 5.34. The van der Waals surface area contributed by atoms with Gasteiger partial charge in [-0.25, -0.2) is 4.39 Å². The van der Waals surface area contributed by atoms with Crippen LogP contribution in [-0.2, 0) is 24.2 Å². The van der Waals surface area contributed by atoms with Gasteiger partial charge in [0.05, 0.1) is 5.02 Å². The number of fused-ring (bicyclic) bond motifs is 1. The van der Waals surface area contributed by atoms with Crippen molar-refractivity contribution in [3.63, 3.8) is 0 Å². The molecule has 8 heteroatoms. The van der Waals surface area contributed by atoms with Crippen LogP contribution >= 0.6 is 23.2 Å². The molecular formula is C26H22Cl2FNO4. The van der Waals surface area contributed by atoms with Gasteiger partial charge in [-0.05, 0) is 60.0 Å². The largest absolute Gasteiger partial charge is 0.487 e. The number of hydrogen-bond donors (Lipinski definition) is 1. The Morgan fingerprint density at radius 2 is 1.85 bits per heavy atom. The summed E-state index contributed by atoms with van der Waals surface area (Å²) >= 11 is 12.0. The molecule has 1 aliphatic rings. The molecule has 0 aromatic heterocycles. The molecule has 5 nitrogen and oxygen atoms in total. The molecule has 0 saturated heterocycles. The fourth-order valence-electron chi connectivity index (χ4n) is 4.21. The maximum atomic E-state index is 13.9. The topological polar surface area (TPSA) is 66.8 Å². The van der Waals surface area contributed by atoms with Crippen molar-refractivity contribution in [1.29, 1.82) is 0 Å². The van der Waals surface area contributed by atoms with Gasteiger partial charge >= 0.3 is 5.97 Å². The van der Waals surface area contributed by atoms with Crippen molar-refractivity contribution in [2.75, 3.05) is 6.54 Å². The van der Waals surface area contributed by atoms with Gasteiger partial charge in [-0.15, -0.1) is 0 Å². The molecule has 4 rings (SSSR count). The second-order valence-electron chi connectivity index (χ2n) is 8.62. The molecule has 3 aromatic rings. The number of ether oxygens (including phenoxy) is 1. The lowest BCUT2D eigenvalue weighted by molar-refractivity contribution is -0.137. The van der Waals surface area contributed by atoms with E-state index in [1.54, 1.807) is 48.5 Å². The number of carboxylic acids is 1. The number of carbonyl (C=O) groups is 2. The zero-order valence-electron chi connectivity index (χ0n) is 18.4. The Labute approximate surface area is 206 Å². The van der Waals surface area contributed by atoms with Crippen LogP contribution < -0.4 is 4.74 Å². The smallest absolute Gasteiger partial charge is 0.323 e. The van der Waals surface area contributed by atoms with Gasteiger partial charge in [-0.3, -0.25) is 9.59 Å². The highest BCUT2D eigenvalue weighted by molar-refractivity contribution is 6.31. The molecule has 176 valence electrons. The predicted octanol–water partition coefficient (Wildman–Crippen LogP) is 5.80. The highest BCUT2D eigenvalue weighted by atomic mass is 35.5. The van der Waals surface area contributed by atoms with Crippen molar-refractivity contribution in [2.24, 2.45) is 0 Å². The zero-order chi connectivity index (χ0) is 24.5. The molecule has 3 aromatic carbocycles. The van der Waals surface area contributed by atoms with Crippen LogP contribution in [0, 0.1) is 5.82 Å². The van der Waals surface area contributed by atoms with Gasteiger partial charge in [0.25, 0.3) is 5.91 Å². The minimum absolute atomic E-state index is 0.0652. The van der Waals surface area contributed by atoms with Crippen LogP contribution in [0.5, 0.6) is 5.75 Å². The van der Waals surface area contributed by atoms with Crippen LogP contribution in [0.15, 0.2) is 60.7 Å². The van der Waals surface area contributed by atoms with E-state index in [2.05, 4.69) is 0 Å². The number of hydrogen-bond acceptors (Lipinski definition) is 3. The summed E-state index contributed by atoms with van der Waals surface area (Å²) < 4.78 is 20.0. The van der Waals surface area contributed by atoms with Crippen molar-refractivity contribution >= 4 is 35.1 Å². The van der Waals surface area contributed by atoms with E-state index in [1.807, 2.05) is 6.92 Å². The number of amides is 1. The van der Waals surface area contributed by atoms with E-state index in [4.69, 9.17) is 27.9 Å². The Morgan fingerprint density at radius 3 is 2.56 bits per heavy atom. The third-order valence-electron chi connectivity index (χ3n) is 5.72. The molecule has 34 heavy (non-hydrogen) atoms. The standard InChI is InChI=1S/C26H22Cl2FNO4/c1-26(12-16-6-8-21(28)22(29)10-16)13-19-11-17(7-9-23(19)34-26)25(33)30(15-24(31)32)14-18-4-2-3-5-20(18)27/h2-11H,12-15H2,1H3,(H,31,32). The molecule has 0 radical (unpaired) electrons. The summed E-state index contributed by atoms with van der Waals surface area (Å²) in [6.45, 7) is 1.53. The first-order valence-electron chi connectivity index (χ1n) is 10.6. The molecule has 1 amide bonds. The number of halogens is 3. The summed E-state index contributed by atoms with van der Waals surface area (Å²) in [5.41, 5.74) is 1.97. The van der Waals surface area contributed by atoms with E-state index >= 15 is 0 Å². The van der Waals surface area contributed by atoms with E-state index in [-0.39, 0.29) is 11.6 Å². The summed E-state index contributed by atoms with van der Waals surface area (Å²) in [7, 11) is 0. The summed E-state index contributed by atoms with van der Waals surface area (Å²) in [6, 6.07) is 16.7. The second kappa shape index (κ2) is 9.65. The molecule has 1 N–H and O–H groups in total. The summed E-state index contributed by atoms with van der Waals surface area (Å²) in [5.74, 6) is -1.38. The monoisotopic (exact) mass is 501 g/mol. The van der Waals surface area contributed by atoms with E-state index in [1.165, 1.54) is 17.0 Å². The van der Waals surface area contributed by atoms with E-state index in [0.717, 1.165) is 11.1 Å². The summed E-state index contributed by atoms with van der Waals surface area (Å²) in [6.07, 6.45) is 0.966. The number of nitrogens with zero attached hydrogens (tertiary/aromatic N) is 1. The highest BCUT2D eigenvalue weighted by Crippen LogP contribution is 2.38. The van der Waals surface area contributed by atoms with Crippen LogP contribution in [0.2, 0.25) is 10.0 Å². The van der Waals surface area contributed by atoms with Gasteiger partial charge < -0.3 is 14.7 Å². The first kappa shape index (κ1) is 24.0. The fourth-order valence-corrected chi connectivity index (χ4v) is 4.53. The van der Waals surface area contributed by atoms with Crippen molar-refractivity contribution < 1.29 is 23.8 Å². The van der Waals surface area contributed by atoms with Crippen LogP contribution in [0.4, 0.5) is 4.39 Å². The number of benzene rings is 3. The number of carboxylic acid groups (broad SMARTS) is 1. The van der Waals surface area contributed by atoms with Gasteiger partial charge in [0.15, 0.2) is 0 Å². The third-order valence-corrected chi connectivity index (χ3v) is 6.40. The molecule has 0 aliphatic carbocycles. The first-order chi connectivity index (χ1) is 16.1. The molecule has 0 spiro atoms. The Morgan fingerprint density at radius 1 is 1.09 bits per heavy atom. The average molecular weight is 502 g/mol. The summed E-state index contributed by atoms with van der Waals surface area (Å²) in [5, 5.41) is 9.87. The van der Waals surface area contributed by atoms with E-state index < -0.39 is 29.8 Å². The van der Waals surface area contributed by atoms with Crippen molar-refractivity contribution in [3.8, 4) is 5.75 Å². The van der Waals surface area contributed by atoms with Gasteiger partial charge in [0.1, 0.15) is 23.7 Å². The number of aliphatic carboxylic acids is 1. The van der Waals surface area contributed by atoms with Crippen molar-refractivity contribution in [3.05, 3.63) is 98.8 Å². The Kier molecular flexibility index (Phi) is 6.82. The van der Waals surface area contributed by atoms with Crippen molar-refractivity contribution in [1.82, 2.24) is 4.90 Å². The van der Waals surface area contributed by atoms with E-state index in [0.29, 0.717) is 34.7 Å². The zero-order valence-corrected chi connectivity index (χ0v) is 19.9. The summed E-state index contributed by atoms with van der Waals surface area (Å²) in [4.78, 5) is 25.9. The minimum atomic E-state index is -1.12. The molecule has 1 unspecified atom stereocenters. The quantitative estimate of drug-likeness (QED) is 0.444. The SMILES string of the molecule is CC1(Cc2ccc(Cl)c(F)c2)Cc2cc(C(=O)N(CC(=O)O)Cc3ccccc3Cl)ccc2O1. The van der Waals surface area contributed by atoms with E-state index in [9.17, 15) is 19.1 Å². The minimum Gasteiger partial charge on any atom is -0.487 e. The lowest BCUT2D eigenvalue weighted by Crippen LogP contribution is -2.35. The lowest BCUT2D eigenvalue weighted by atomic mass is 9.91. The predicted molar refractivity (Wildman–Crippen MR) is 128 cm³/mol. The maximum Gasteiger partial charge on any atom is 0.323 e. The van der Waals surface area contributed by atoms with Gasteiger partial charge in [-0.1, -0.05) is 47.5 Å². The molecule has 1 atom stereocenters. The van der Waals surface area contributed by atoms with Gasteiger partial charge in [0.2, 0.25) is 0 Å². The maximum absolute atomic E-state index is 13.9. The van der Waals surface area contributed by atoms with Gasteiger partial charge in [-0.2, -0.15) is 0 Å². The molecule has 0 bridgehead atoms. The van der Waals surface area contributed by atoms with Crippen LogP contribution in [0.3, 0.4) is 0 Å². The number of carbonyl (C=O) groups excluding carboxylic acids is 1. The first-order valence-corrected chi connectivity index (χ1v) is 11.4. The van der Waals surface area contributed by atoms with Crippen LogP contribution in [0.25, 0.3) is 0 Å². The Hall–Kier alpha value is -3.09. The second-order valence-corrected chi connectivity index (χ2v) is 9.44. The Bertz CT molecular complexity index is 1270. The highest BCUT2D eigenvalue weighted by Gasteiger charge is 2.36. The van der Waals surface area contributed by atoms with Crippen LogP contribution in [0.1, 0.15) is 34.0 Å². The lowest BCUT2D eigenvalue weighted by Gasteiger charge is -2.24. The molecule has 1 aliphatic heterocycles. The fraction of sp³-hybridized carbons (Fsp3) is 0.231. The normalized spacial score (nSPS) is 16.6.